The molecule has 0 saturated carbocycles. The molecule has 2 saturated heterocycles. The van der Waals surface area contributed by atoms with Crippen molar-refractivity contribution in [1.82, 2.24) is 15.1 Å². The highest BCUT2D eigenvalue weighted by atomic mass is 19.1. The zero-order chi connectivity index (χ0) is 18.3. The van der Waals surface area contributed by atoms with Crippen LogP contribution in [0.15, 0.2) is 12.1 Å². The number of carbonyl (C=O) groups is 2. The predicted molar refractivity (Wildman–Crippen MR) is 93.7 cm³/mol. The summed E-state index contributed by atoms with van der Waals surface area (Å²) in [6.45, 7) is 5.04. The first-order valence-electron chi connectivity index (χ1n) is 9.27. The molecule has 0 radical (unpaired) electrons. The van der Waals surface area contributed by atoms with Gasteiger partial charge >= 0.3 is 0 Å². The van der Waals surface area contributed by atoms with E-state index in [1.54, 1.807) is 11.0 Å². The fourth-order valence-electron chi connectivity index (χ4n) is 4.12. The van der Waals surface area contributed by atoms with Gasteiger partial charge in [0.2, 0.25) is 5.91 Å². The molecule has 2 amide bonds. The van der Waals surface area contributed by atoms with Gasteiger partial charge in [0.15, 0.2) is 0 Å². The van der Waals surface area contributed by atoms with E-state index >= 15 is 0 Å². The molecule has 1 aromatic rings. The lowest BCUT2D eigenvalue weighted by atomic mass is 9.98. The minimum absolute atomic E-state index is 0.0317. The van der Waals surface area contributed by atoms with Crippen LogP contribution in [-0.2, 0) is 11.2 Å². The van der Waals surface area contributed by atoms with Gasteiger partial charge in [-0.05, 0) is 37.9 Å². The fourth-order valence-corrected chi connectivity index (χ4v) is 4.12. The Bertz CT molecular complexity index is 738. The van der Waals surface area contributed by atoms with Gasteiger partial charge in [-0.1, -0.05) is 6.07 Å². The third-order valence-corrected chi connectivity index (χ3v) is 5.71. The SMILES string of the molecule is C[C@]1(C(=O)N2CCN(C(=O)c3c(F)ccc4c3OCC4)CC2)CCCN1. The first-order valence-corrected chi connectivity index (χ1v) is 9.27. The van der Waals surface area contributed by atoms with E-state index in [2.05, 4.69) is 5.32 Å². The maximum Gasteiger partial charge on any atom is 0.260 e. The molecule has 0 aliphatic carbocycles. The molecule has 3 aliphatic heterocycles. The molecule has 0 spiro atoms. The van der Waals surface area contributed by atoms with Crippen molar-refractivity contribution in [1.29, 1.82) is 0 Å². The standard InChI is InChI=1S/C19H24FN3O3/c1-19(6-2-7-21-19)18(25)23-10-8-22(9-11-23)17(24)15-14(20)4-3-13-5-12-26-16(13)15/h3-4,21H,2,5-12H2,1H3/t19-/m1/s1. The lowest BCUT2D eigenvalue weighted by Crippen LogP contribution is -2.58. The molecular formula is C19H24FN3O3. The molecule has 140 valence electrons. The second-order valence-corrected chi connectivity index (χ2v) is 7.46. The number of benzene rings is 1. The maximum absolute atomic E-state index is 14.3. The number of hydrogen-bond donors (Lipinski definition) is 1. The first-order chi connectivity index (χ1) is 12.5. The summed E-state index contributed by atoms with van der Waals surface area (Å²) in [6, 6.07) is 3.02. The van der Waals surface area contributed by atoms with E-state index in [1.807, 2.05) is 11.8 Å². The molecule has 2 fully saturated rings. The van der Waals surface area contributed by atoms with Crippen molar-refractivity contribution in [3.63, 3.8) is 0 Å². The largest absolute Gasteiger partial charge is 0.492 e. The summed E-state index contributed by atoms with van der Waals surface area (Å²) in [6.07, 6.45) is 2.53. The molecule has 26 heavy (non-hydrogen) atoms. The summed E-state index contributed by atoms with van der Waals surface area (Å²) in [4.78, 5) is 29.1. The first kappa shape index (κ1) is 17.3. The van der Waals surface area contributed by atoms with Crippen LogP contribution in [0.4, 0.5) is 4.39 Å². The van der Waals surface area contributed by atoms with Gasteiger partial charge in [0.05, 0.1) is 12.1 Å². The Morgan fingerprint density at radius 3 is 2.62 bits per heavy atom. The highest BCUT2D eigenvalue weighted by Gasteiger charge is 2.40. The van der Waals surface area contributed by atoms with Crippen LogP contribution in [-0.4, -0.2) is 66.5 Å². The Hall–Kier alpha value is -2.15. The number of carbonyl (C=O) groups excluding carboxylic acids is 2. The smallest absolute Gasteiger partial charge is 0.260 e. The molecule has 0 unspecified atom stereocenters. The number of halogens is 1. The van der Waals surface area contributed by atoms with Crippen LogP contribution in [0.1, 0.15) is 35.7 Å². The van der Waals surface area contributed by atoms with Gasteiger partial charge in [0.1, 0.15) is 17.1 Å². The predicted octanol–water partition coefficient (Wildman–Crippen LogP) is 1.19. The Morgan fingerprint density at radius 2 is 1.92 bits per heavy atom. The van der Waals surface area contributed by atoms with E-state index in [0.29, 0.717) is 45.0 Å². The molecule has 3 heterocycles. The molecule has 4 rings (SSSR count). The lowest BCUT2D eigenvalue weighted by molar-refractivity contribution is -0.138. The Balaban J connectivity index is 1.45. The molecule has 3 aliphatic rings. The highest BCUT2D eigenvalue weighted by molar-refractivity contribution is 5.98. The molecule has 1 N–H and O–H groups in total. The van der Waals surface area contributed by atoms with Gasteiger partial charge in [-0.15, -0.1) is 0 Å². The third-order valence-electron chi connectivity index (χ3n) is 5.71. The second-order valence-electron chi connectivity index (χ2n) is 7.46. The summed E-state index contributed by atoms with van der Waals surface area (Å²) in [7, 11) is 0. The van der Waals surface area contributed by atoms with Crippen molar-refractivity contribution in [2.24, 2.45) is 0 Å². The van der Waals surface area contributed by atoms with Gasteiger partial charge in [0, 0.05) is 32.6 Å². The summed E-state index contributed by atoms with van der Waals surface area (Å²) in [5.74, 6) is -0.413. The summed E-state index contributed by atoms with van der Waals surface area (Å²) < 4.78 is 19.8. The molecule has 7 heteroatoms. The Labute approximate surface area is 152 Å². The van der Waals surface area contributed by atoms with Gasteiger partial charge in [-0.2, -0.15) is 0 Å². The highest BCUT2D eigenvalue weighted by Crippen LogP contribution is 2.32. The van der Waals surface area contributed by atoms with Crippen molar-refractivity contribution in [3.05, 3.63) is 29.1 Å². The molecule has 0 bridgehead atoms. The zero-order valence-corrected chi connectivity index (χ0v) is 15.0. The topological polar surface area (TPSA) is 61.9 Å². The average molecular weight is 361 g/mol. The summed E-state index contributed by atoms with van der Waals surface area (Å²) in [5, 5.41) is 3.29. The Kier molecular flexibility index (Phi) is 4.34. The lowest BCUT2D eigenvalue weighted by Gasteiger charge is -2.38. The van der Waals surface area contributed by atoms with Gasteiger partial charge < -0.3 is 19.9 Å². The summed E-state index contributed by atoms with van der Waals surface area (Å²) in [5.41, 5.74) is 0.417. The van der Waals surface area contributed by atoms with E-state index < -0.39 is 11.4 Å². The van der Waals surface area contributed by atoms with E-state index in [9.17, 15) is 14.0 Å². The van der Waals surface area contributed by atoms with Crippen LogP contribution < -0.4 is 10.1 Å². The number of nitrogens with zero attached hydrogens (tertiary/aromatic N) is 2. The number of amides is 2. The van der Waals surface area contributed by atoms with Gasteiger partial charge in [-0.3, -0.25) is 9.59 Å². The van der Waals surface area contributed by atoms with Crippen LogP contribution in [0.5, 0.6) is 5.75 Å². The molecule has 0 aromatic heterocycles. The minimum atomic E-state index is -0.545. The van der Waals surface area contributed by atoms with Crippen LogP contribution in [0.3, 0.4) is 0 Å². The number of rotatable bonds is 2. The van der Waals surface area contributed by atoms with E-state index in [-0.39, 0.29) is 17.4 Å². The van der Waals surface area contributed by atoms with Crippen LogP contribution in [0, 0.1) is 5.82 Å². The third kappa shape index (κ3) is 2.84. The minimum Gasteiger partial charge on any atom is -0.492 e. The van der Waals surface area contributed by atoms with E-state index in [0.717, 1.165) is 24.9 Å². The number of nitrogens with one attached hydrogen (secondary N) is 1. The van der Waals surface area contributed by atoms with Crippen molar-refractivity contribution >= 4 is 11.8 Å². The van der Waals surface area contributed by atoms with E-state index in [1.165, 1.54) is 6.07 Å². The Morgan fingerprint density at radius 1 is 1.19 bits per heavy atom. The summed E-state index contributed by atoms with van der Waals surface area (Å²) >= 11 is 0. The fraction of sp³-hybridized carbons (Fsp3) is 0.579. The van der Waals surface area contributed by atoms with E-state index in [4.69, 9.17) is 4.74 Å². The number of piperazine rings is 1. The monoisotopic (exact) mass is 361 g/mol. The van der Waals surface area contributed by atoms with Crippen LogP contribution in [0.2, 0.25) is 0 Å². The second kappa shape index (κ2) is 6.54. The van der Waals surface area contributed by atoms with Gasteiger partial charge in [0.25, 0.3) is 5.91 Å². The molecule has 1 aromatic carbocycles. The van der Waals surface area contributed by atoms with Gasteiger partial charge in [-0.25, -0.2) is 4.39 Å². The van der Waals surface area contributed by atoms with Crippen molar-refractivity contribution in [3.8, 4) is 5.75 Å². The van der Waals surface area contributed by atoms with Crippen molar-refractivity contribution in [2.45, 2.75) is 31.7 Å². The normalized spacial score (nSPS) is 25.2. The molecular weight excluding hydrogens is 337 g/mol. The zero-order valence-electron chi connectivity index (χ0n) is 15.0. The van der Waals surface area contributed by atoms with Crippen LogP contribution >= 0.6 is 0 Å². The molecule has 1 atom stereocenters. The number of ether oxygens (including phenoxy) is 1. The van der Waals surface area contributed by atoms with Crippen molar-refractivity contribution in [2.75, 3.05) is 39.3 Å². The number of fused-ring (bicyclic) bond motifs is 1. The van der Waals surface area contributed by atoms with Crippen LogP contribution in [0.25, 0.3) is 0 Å². The van der Waals surface area contributed by atoms with Crippen molar-refractivity contribution < 1.29 is 18.7 Å². The number of hydrogen-bond acceptors (Lipinski definition) is 4. The molecule has 6 nitrogen and oxygen atoms in total. The maximum atomic E-state index is 14.3. The quantitative estimate of drug-likeness (QED) is 0.860. The average Bonchev–Trinajstić information content (AvgIpc) is 3.30.